The van der Waals surface area contributed by atoms with Crippen LogP contribution < -0.4 is 20.5 Å². The van der Waals surface area contributed by atoms with Gasteiger partial charge in [0.15, 0.2) is 17.5 Å². The first-order valence-electron chi connectivity index (χ1n) is 8.86. The summed E-state index contributed by atoms with van der Waals surface area (Å²) in [5.41, 5.74) is 6.97. The molecule has 25 heavy (non-hydrogen) atoms. The number of methoxy groups -OCH3 is 1. The van der Waals surface area contributed by atoms with Gasteiger partial charge in [0.05, 0.1) is 33.5 Å². The maximum absolute atomic E-state index is 5.94. The smallest absolute Gasteiger partial charge is 0.188 e. The third-order valence-corrected chi connectivity index (χ3v) is 4.02. The Morgan fingerprint density at radius 2 is 2.12 bits per heavy atom. The molecular weight excluding hydrogens is 320 g/mol. The highest BCUT2D eigenvalue weighted by molar-refractivity contribution is 5.77. The molecule has 1 fully saturated rings. The lowest BCUT2D eigenvalue weighted by molar-refractivity contribution is 0.0376. The summed E-state index contributed by atoms with van der Waals surface area (Å²) in [6, 6.07) is 5.80. The average Bonchev–Trinajstić information content (AvgIpc) is 2.65. The van der Waals surface area contributed by atoms with E-state index in [9.17, 15) is 0 Å². The predicted octanol–water partition coefficient (Wildman–Crippen LogP) is 1.22. The molecule has 1 aliphatic heterocycles. The highest BCUT2D eigenvalue weighted by Crippen LogP contribution is 2.28. The Morgan fingerprint density at radius 1 is 1.32 bits per heavy atom. The fourth-order valence-corrected chi connectivity index (χ4v) is 2.66. The topological polar surface area (TPSA) is 81.3 Å². The van der Waals surface area contributed by atoms with Gasteiger partial charge in [-0.05, 0) is 37.6 Å². The standard InChI is InChI=1S/C18H30N4O3/c1-3-25-17-13-15(5-6-16(17)23-2)14-21-18(19)20-7-4-8-22-9-11-24-12-10-22/h5-6,13H,3-4,7-12,14H2,1-2H3,(H3,19,20,21). The summed E-state index contributed by atoms with van der Waals surface area (Å²) in [5.74, 6) is 1.93. The van der Waals surface area contributed by atoms with Crippen LogP contribution in [0.2, 0.25) is 0 Å². The van der Waals surface area contributed by atoms with Gasteiger partial charge in [-0.3, -0.25) is 4.90 Å². The second-order valence-electron chi connectivity index (χ2n) is 5.85. The van der Waals surface area contributed by atoms with Gasteiger partial charge in [-0.2, -0.15) is 0 Å². The fourth-order valence-electron chi connectivity index (χ4n) is 2.66. The van der Waals surface area contributed by atoms with Gasteiger partial charge in [0.25, 0.3) is 0 Å². The Bertz CT molecular complexity index is 545. The van der Waals surface area contributed by atoms with E-state index >= 15 is 0 Å². The van der Waals surface area contributed by atoms with Gasteiger partial charge in [-0.25, -0.2) is 4.99 Å². The molecule has 0 aromatic heterocycles. The van der Waals surface area contributed by atoms with Crippen molar-refractivity contribution in [2.45, 2.75) is 19.9 Å². The Labute approximate surface area is 150 Å². The lowest BCUT2D eigenvalue weighted by Gasteiger charge is -2.26. The fraction of sp³-hybridized carbons (Fsp3) is 0.611. The molecule has 0 amide bonds. The van der Waals surface area contributed by atoms with Gasteiger partial charge in [-0.1, -0.05) is 6.07 Å². The minimum absolute atomic E-state index is 0.468. The molecule has 2 rings (SSSR count). The van der Waals surface area contributed by atoms with Crippen LogP contribution in [-0.2, 0) is 11.3 Å². The van der Waals surface area contributed by atoms with Crippen molar-refractivity contribution in [3.05, 3.63) is 23.8 Å². The maximum atomic E-state index is 5.94. The number of guanidine groups is 1. The number of morpholine rings is 1. The molecule has 0 aliphatic carbocycles. The Balaban J connectivity index is 1.73. The number of aliphatic imine (C=N–C) groups is 1. The zero-order chi connectivity index (χ0) is 17.9. The van der Waals surface area contributed by atoms with Gasteiger partial charge >= 0.3 is 0 Å². The Morgan fingerprint density at radius 3 is 2.84 bits per heavy atom. The van der Waals surface area contributed by atoms with Crippen LogP contribution in [0, 0.1) is 0 Å². The predicted molar refractivity (Wildman–Crippen MR) is 99.4 cm³/mol. The van der Waals surface area contributed by atoms with E-state index in [2.05, 4.69) is 15.2 Å². The normalized spacial score (nSPS) is 15.8. The number of rotatable bonds is 9. The summed E-state index contributed by atoms with van der Waals surface area (Å²) in [7, 11) is 1.63. The maximum Gasteiger partial charge on any atom is 0.188 e. The summed E-state index contributed by atoms with van der Waals surface area (Å²) in [6.07, 6.45) is 1.03. The summed E-state index contributed by atoms with van der Waals surface area (Å²) >= 11 is 0. The van der Waals surface area contributed by atoms with Crippen molar-refractivity contribution in [2.75, 3.05) is 53.1 Å². The molecule has 1 aromatic carbocycles. The summed E-state index contributed by atoms with van der Waals surface area (Å²) < 4.78 is 16.2. The van der Waals surface area contributed by atoms with E-state index in [-0.39, 0.29) is 0 Å². The van der Waals surface area contributed by atoms with Crippen LogP contribution in [0.3, 0.4) is 0 Å². The first kappa shape index (κ1) is 19.3. The molecule has 140 valence electrons. The van der Waals surface area contributed by atoms with E-state index in [1.807, 2.05) is 25.1 Å². The van der Waals surface area contributed by atoms with Crippen molar-refractivity contribution in [2.24, 2.45) is 10.7 Å². The molecule has 7 heteroatoms. The summed E-state index contributed by atoms with van der Waals surface area (Å²) in [4.78, 5) is 6.80. The van der Waals surface area contributed by atoms with Crippen LogP contribution in [0.1, 0.15) is 18.9 Å². The number of nitrogens with zero attached hydrogens (tertiary/aromatic N) is 2. The lowest BCUT2D eigenvalue weighted by atomic mass is 10.2. The monoisotopic (exact) mass is 350 g/mol. The van der Waals surface area contributed by atoms with Gasteiger partial charge in [0.1, 0.15) is 0 Å². The van der Waals surface area contributed by atoms with Crippen LogP contribution in [-0.4, -0.2) is 64.0 Å². The number of nitrogens with one attached hydrogen (secondary N) is 1. The van der Waals surface area contributed by atoms with Crippen LogP contribution in [0.5, 0.6) is 11.5 Å². The number of benzene rings is 1. The van der Waals surface area contributed by atoms with Gasteiger partial charge in [-0.15, -0.1) is 0 Å². The van der Waals surface area contributed by atoms with E-state index in [1.54, 1.807) is 7.11 Å². The van der Waals surface area contributed by atoms with Crippen molar-refractivity contribution < 1.29 is 14.2 Å². The molecule has 0 unspecified atom stereocenters. The van der Waals surface area contributed by atoms with Crippen molar-refractivity contribution in [3.63, 3.8) is 0 Å². The molecule has 1 aliphatic rings. The van der Waals surface area contributed by atoms with E-state index < -0.39 is 0 Å². The summed E-state index contributed by atoms with van der Waals surface area (Å²) in [6.45, 7) is 8.63. The van der Waals surface area contributed by atoms with Crippen molar-refractivity contribution in [1.82, 2.24) is 10.2 Å². The Kier molecular flexibility index (Phi) is 8.34. The minimum Gasteiger partial charge on any atom is -0.493 e. The largest absolute Gasteiger partial charge is 0.493 e. The van der Waals surface area contributed by atoms with E-state index in [0.29, 0.717) is 19.1 Å². The van der Waals surface area contributed by atoms with E-state index in [0.717, 1.165) is 62.9 Å². The SMILES string of the molecule is CCOc1cc(CN=C(N)NCCCN2CCOCC2)ccc1OC. The molecule has 3 N–H and O–H groups in total. The van der Waals surface area contributed by atoms with Gasteiger partial charge in [0, 0.05) is 19.6 Å². The van der Waals surface area contributed by atoms with Gasteiger partial charge < -0.3 is 25.3 Å². The van der Waals surface area contributed by atoms with Crippen LogP contribution in [0.4, 0.5) is 0 Å². The number of ether oxygens (including phenoxy) is 3. The van der Waals surface area contributed by atoms with E-state index in [1.165, 1.54) is 0 Å². The molecule has 0 radical (unpaired) electrons. The van der Waals surface area contributed by atoms with Gasteiger partial charge in [0.2, 0.25) is 0 Å². The van der Waals surface area contributed by atoms with Crippen molar-refractivity contribution in [1.29, 1.82) is 0 Å². The third-order valence-electron chi connectivity index (χ3n) is 4.02. The molecule has 0 saturated carbocycles. The second-order valence-corrected chi connectivity index (χ2v) is 5.85. The number of hydrogen-bond acceptors (Lipinski definition) is 5. The van der Waals surface area contributed by atoms with E-state index in [4.69, 9.17) is 19.9 Å². The first-order valence-corrected chi connectivity index (χ1v) is 8.86. The molecule has 1 aromatic rings. The zero-order valence-electron chi connectivity index (χ0n) is 15.3. The highest BCUT2D eigenvalue weighted by Gasteiger charge is 2.09. The summed E-state index contributed by atoms with van der Waals surface area (Å²) in [5, 5.41) is 3.17. The lowest BCUT2D eigenvalue weighted by Crippen LogP contribution is -2.39. The average molecular weight is 350 g/mol. The van der Waals surface area contributed by atoms with Crippen LogP contribution in [0.25, 0.3) is 0 Å². The molecule has 1 heterocycles. The number of nitrogens with two attached hydrogens (primary N) is 1. The van der Waals surface area contributed by atoms with Crippen molar-refractivity contribution in [3.8, 4) is 11.5 Å². The third kappa shape index (κ3) is 6.80. The first-order chi connectivity index (χ1) is 12.2. The quantitative estimate of drug-likeness (QED) is 0.396. The molecule has 7 nitrogen and oxygen atoms in total. The Hall–Kier alpha value is -1.99. The zero-order valence-corrected chi connectivity index (χ0v) is 15.3. The minimum atomic E-state index is 0.468. The van der Waals surface area contributed by atoms with Crippen molar-refractivity contribution >= 4 is 5.96 Å². The second kappa shape index (κ2) is 10.8. The highest BCUT2D eigenvalue weighted by atomic mass is 16.5. The van der Waals surface area contributed by atoms with Crippen LogP contribution >= 0.6 is 0 Å². The van der Waals surface area contributed by atoms with Crippen LogP contribution in [0.15, 0.2) is 23.2 Å². The molecule has 0 bridgehead atoms. The number of hydrogen-bond donors (Lipinski definition) is 2. The molecule has 0 atom stereocenters. The molecular formula is C18H30N4O3. The molecule has 1 saturated heterocycles. The molecule has 0 spiro atoms.